The van der Waals surface area contributed by atoms with Gasteiger partial charge in [0.25, 0.3) is 5.91 Å². The second kappa shape index (κ2) is 12.1. The number of aromatic nitrogens is 1. The number of nitrogens with one attached hydrogen (secondary N) is 2. The van der Waals surface area contributed by atoms with Gasteiger partial charge >= 0.3 is 0 Å². The van der Waals surface area contributed by atoms with Gasteiger partial charge in [-0.05, 0) is 18.9 Å². The minimum Gasteiger partial charge on any atom is -0.491 e. The summed E-state index contributed by atoms with van der Waals surface area (Å²) in [4.78, 5) is 33.7. The molecule has 1 saturated carbocycles. The van der Waals surface area contributed by atoms with Crippen LogP contribution in [0.15, 0.2) is 47.1 Å². The number of aryl methyl sites for hydroxylation is 1. The van der Waals surface area contributed by atoms with E-state index < -0.39 is 6.04 Å². The number of rotatable bonds is 10. The van der Waals surface area contributed by atoms with Gasteiger partial charge in [-0.2, -0.15) is 0 Å². The molecule has 1 fully saturated rings. The Morgan fingerprint density at radius 3 is 2.89 bits per heavy atom. The zero-order valence-corrected chi connectivity index (χ0v) is 21.8. The van der Waals surface area contributed by atoms with Crippen molar-refractivity contribution in [1.82, 2.24) is 20.5 Å². The third-order valence-corrected chi connectivity index (χ3v) is 8.12. The summed E-state index contributed by atoms with van der Waals surface area (Å²) in [5.41, 5.74) is 7.85. The number of carbonyl (C=O) groups is 2. The smallest absolute Gasteiger partial charge is 0.251 e. The third kappa shape index (κ3) is 5.66. The van der Waals surface area contributed by atoms with Crippen LogP contribution in [0.1, 0.15) is 48.7 Å². The van der Waals surface area contributed by atoms with E-state index in [1.165, 1.54) is 0 Å². The summed E-state index contributed by atoms with van der Waals surface area (Å²) in [5.74, 6) is 0.556. The highest BCUT2D eigenvalue weighted by molar-refractivity contribution is 7.09. The molecule has 0 bridgehead atoms. The summed E-state index contributed by atoms with van der Waals surface area (Å²) in [6.07, 6.45) is 6.72. The van der Waals surface area contributed by atoms with Gasteiger partial charge in [0.1, 0.15) is 12.4 Å². The van der Waals surface area contributed by atoms with Crippen molar-refractivity contribution in [2.75, 3.05) is 32.9 Å². The van der Waals surface area contributed by atoms with E-state index in [1.54, 1.807) is 17.5 Å². The van der Waals surface area contributed by atoms with Crippen LogP contribution in [0.5, 0.6) is 5.75 Å². The number of hydrogen-bond acceptors (Lipinski definition) is 8. The first-order valence-corrected chi connectivity index (χ1v) is 14.0. The molecule has 3 aliphatic rings. The Hall–Kier alpha value is -2.95. The van der Waals surface area contributed by atoms with Gasteiger partial charge in [0.15, 0.2) is 0 Å². The zero-order valence-electron chi connectivity index (χ0n) is 21.0. The van der Waals surface area contributed by atoms with Gasteiger partial charge < -0.3 is 30.7 Å². The number of nitrogens with two attached hydrogens (primary N) is 1. The molecule has 198 valence electrons. The second-order valence-electron chi connectivity index (χ2n) is 9.59. The molecular weight excluding hydrogens is 490 g/mol. The number of nitrogens with zero attached hydrogens (tertiary/aromatic N) is 2. The number of benzene rings is 1. The Kier molecular flexibility index (Phi) is 8.38. The highest BCUT2D eigenvalue weighted by Gasteiger charge is 2.46. The molecule has 37 heavy (non-hydrogen) atoms. The normalized spacial score (nSPS) is 23.1. The molecule has 1 aromatic heterocycles. The fraction of sp³-hybridized carbons (Fsp3) is 0.519. The molecule has 5 rings (SSSR count). The maximum absolute atomic E-state index is 14.1. The number of amides is 2. The Morgan fingerprint density at radius 1 is 1.19 bits per heavy atom. The van der Waals surface area contributed by atoms with Crippen LogP contribution < -0.4 is 21.1 Å². The summed E-state index contributed by atoms with van der Waals surface area (Å²) in [5, 5.41) is 9.53. The third-order valence-electron chi connectivity index (χ3n) is 7.28. The summed E-state index contributed by atoms with van der Waals surface area (Å²) >= 11 is 1.56. The number of para-hydroxylation sites is 1. The van der Waals surface area contributed by atoms with Gasteiger partial charge in [-0.25, -0.2) is 4.98 Å². The van der Waals surface area contributed by atoms with Gasteiger partial charge in [0.2, 0.25) is 5.91 Å². The molecule has 2 amide bonds. The molecule has 1 aromatic carbocycles. The van der Waals surface area contributed by atoms with E-state index in [-0.39, 0.29) is 23.9 Å². The maximum Gasteiger partial charge on any atom is 0.251 e. The van der Waals surface area contributed by atoms with Crippen molar-refractivity contribution in [3.8, 4) is 5.75 Å². The van der Waals surface area contributed by atoms with Crippen molar-refractivity contribution in [2.45, 2.75) is 56.7 Å². The Bertz CT molecular complexity index is 1120. The summed E-state index contributed by atoms with van der Waals surface area (Å²) < 4.78 is 11.6. The van der Waals surface area contributed by atoms with Crippen molar-refractivity contribution in [2.24, 2.45) is 5.73 Å². The van der Waals surface area contributed by atoms with Crippen LogP contribution in [-0.4, -0.2) is 66.7 Å². The number of carbonyl (C=O) groups excluding carboxylic acids is 2. The molecule has 0 saturated heterocycles. The van der Waals surface area contributed by atoms with E-state index >= 15 is 0 Å². The van der Waals surface area contributed by atoms with E-state index in [0.29, 0.717) is 57.1 Å². The fourth-order valence-corrected chi connectivity index (χ4v) is 6.29. The maximum atomic E-state index is 14.1. The lowest BCUT2D eigenvalue weighted by Crippen LogP contribution is -2.53. The second-order valence-corrected chi connectivity index (χ2v) is 10.6. The molecule has 3 heterocycles. The van der Waals surface area contributed by atoms with Crippen LogP contribution in [0.2, 0.25) is 0 Å². The average molecular weight is 526 g/mol. The van der Waals surface area contributed by atoms with E-state index in [2.05, 4.69) is 15.6 Å². The van der Waals surface area contributed by atoms with Crippen LogP contribution in [0.3, 0.4) is 0 Å². The molecule has 1 unspecified atom stereocenters. The predicted molar refractivity (Wildman–Crippen MR) is 141 cm³/mol. The molecular formula is C27H35N5O4S. The van der Waals surface area contributed by atoms with Gasteiger partial charge in [0.05, 0.1) is 42.4 Å². The molecule has 2 aromatic rings. The molecule has 3 atom stereocenters. The molecule has 1 aliphatic carbocycles. The molecule has 4 N–H and O–H groups in total. The van der Waals surface area contributed by atoms with Gasteiger partial charge in [-0.3, -0.25) is 9.59 Å². The highest BCUT2D eigenvalue weighted by Crippen LogP contribution is 2.43. The van der Waals surface area contributed by atoms with Crippen LogP contribution in [0.25, 0.3) is 0 Å². The minimum atomic E-state index is -0.539. The number of fused-ring (bicyclic) bond motifs is 1. The lowest BCUT2D eigenvalue weighted by Gasteiger charge is -2.43. The predicted octanol–water partition coefficient (Wildman–Crippen LogP) is 2.30. The van der Waals surface area contributed by atoms with Crippen molar-refractivity contribution < 1.29 is 19.1 Å². The van der Waals surface area contributed by atoms with Crippen molar-refractivity contribution in [3.05, 3.63) is 57.7 Å². The number of ether oxygens (including phenoxy) is 2. The van der Waals surface area contributed by atoms with Crippen LogP contribution >= 0.6 is 11.3 Å². The van der Waals surface area contributed by atoms with Gasteiger partial charge in [-0.15, -0.1) is 11.3 Å². The SMILES string of the molecule is NCCOCCOc1ccccc1[C@@H]1C2=C(CNC2=O)NC2CCCC[C@H]2N1C(=O)CCc1nccs1. The van der Waals surface area contributed by atoms with E-state index in [1.807, 2.05) is 34.5 Å². The lowest BCUT2D eigenvalue weighted by molar-refractivity contribution is -0.137. The molecule has 9 nitrogen and oxygen atoms in total. The van der Waals surface area contributed by atoms with E-state index in [0.717, 1.165) is 42.0 Å². The van der Waals surface area contributed by atoms with E-state index in [9.17, 15) is 9.59 Å². The van der Waals surface area contributed by atoms with Gasteiger partial charge in [0, 0.05) is 48.3 Å². The molecule has 10 heteroatoms. The fourth-order valence-electron chi connectivity index (χ4n) is 5.67. The first-order chi connectivity index (χ1) is 18.2. The average Bonchev–Trinajstić information content (AvgIpc) is 3.53. The topological polar surface area (TPSA) is 119 Å². The zero-order chi connectivity index (χ0) is 25.6. The van der Waals surface area contributed by atoms with Crippen molar-refractivity contribution in [3.63, 3.8) is 0 Å². The van der Waals surface area contributed by atoms with Crippen LogP contribution in [0, 0.1) is 0 Å². The standard InChI is InChI=1S/C27H35N5O4S/c28-11-13-35-14-15-36-22-8-4-1-5-18(22)26-25-20(17-30-27(25)34)31-19-6-2-3-7-21(19)32(26)24(33)10-9-23-29-12-16-37-23/h1,4-5,8,12,16,19,21,26,31H,2-3,6-7,9-11,13-15,17,28H2,(H,30,34)/t19?,21-,26-/m1/s1. The Labute approximate surface area is 221 Å². The van der Waals surface area contributed by atoms with Gasteiger partial charge in [-0.1, -0.05) is 31.0 Å². The first kappa shape index (κ1) is 25.7. The van der Waals surface area contributed by atoms with Crippen LogP contribution in [-0.2, 0) is 20.7 Å². The first-order valence-electron chi connectivity index (χ1n) is 13.1. The summed E-state index contributed by atoms with van der Waals surface area (Å²) in [6.45, 7) is 2.14. The quantitative estimate of drug-likeness (QED) is 0.407. The Balaban J connectivity index is 1.52. The highest BCUT2D eigenvalue weighted by atomic mass is 32.1. The number of thiazole rings is 1. The van der Waals surface area contributed by atoms with Crippen molar-refractivity contribution >= 4 is 23.2 Å². The molecule has 0 spiro atoms. The molecule has 0 radical (unpaired) electrons. The number of hydrogen-bond donors (Lipinski definition) is 3. The van der Waals surface area contributed by atoms with Crippen LogP contribution in [0.4, 0.5) is 0 Å². The molecule has 2 aliphatic heterocycles. The summed E-state index contributed by atoms with van der Waals surface area (Å²) in [6, 6.07) is 7.29. The van der Waals surface area contributed by atoms with Crippen molar-refractivity contribution in [1.29, 1.82) is 0 Å². The largest absolute Gasteiger partial charge is 0.491 e. The lowest BCUT2D eigenvalue weighted by atomic mass is 9.87. The Morgan fingerprint density at radius 2 is 2.05 bits per heavy atom. The van der Waals surface area contributed by atoms with E-state index in [4.69, 9.17) is 15.2 Å². The monoisotopic (exact) mass is 525 g/mol. The minimum absolute atomic E-state index is 0.0121. The summed E-state index contributed by atoms with van der Waals surface area (Å²) in [7, 11) is 0.